The normalized spacial score (nSPS) is 12.4. The van der Waals surface area contributed by atoms with Crippen molar-refractivity contribution in [1.29, 1.82) is 0 Å². The molecule has 0 saturated heterocycles. The summed E-state index contributed by atoms with van der Waals surface area (Å²) in [5, 5.41) is 6.73. The lowest BCUT2D eigenvalue weighted by Crippen LogP contribution is -2.39. The number of likely N-dealkylation sites (N-methyl/N-ethyl adjacent to an activating group) is 1. The van der Waals surface area contributed by atoms with E-state index >= 15 is 0 Å². The van der Waals surface area contributed by atoms with Gasteiger partial charge in [-0.25, -0.2) is 0 Å². The van der Waals surface area contributed by atoms with Crippen LogP contribution >= 0.6 is 15.9 Å². The molecule has 0 spiro atoms. The van der Waals surface area contributed by atoms with Crippen molar-refractivity contribution in [2.45, 2.75) is 32.9 Å². The first kappa shape index (κ1) is 16.6. The highest BCUT2D eigenvalue weighted by atomic mass is 79.9. The Morgan fingerprint density at radius 3 is 2.68 bits per heavy atom. The molecule has 2 aromatic rings. The average Bonchev–Trinajstić information content (AvgIpc) is 2.96. The number of aromatic nitrogens is 2. The molecule has 1 aromatic carbocycles. The van der Waals surface area contributed by atoms with E-state index < -0.39 is 0 Å². The number of carbonyl (C=O) groups is 1. The van der Waals surface area contributed by atoms with Crippen LogP contribution < -0.4 is 5.32 Å². The smallest absolute Gasteiger partial charge is 0.241 e. The third-order valence-electron chi connectivity index (χ3n) is 3.36. The number of aryl methyl sites for hydroxylation is 1. The Morgan fingerprint density at radius 2 is 2.09 bits per heavy atom. The summed E-state index contributed by atoms with van der Waals surface area (Å²) < 4.78 is 6.12. The van der Waals surface area contributed by atoms with E-state index in [-0.39, 0.29) is 11.9 Å². The van der Waals surface area contributed by atoms with E-state index in [9.17, 15) is 4.79 Å². The summed E-state index contributed by atoms with van der Waals surface area (Å²) in [7, 11) is 1.85. The second kappa shape index (κ2) is 7.51. The molecular formula is C15H19BrN4O2. The van der Waals surface area contributed by atoms with Gasteiger partial charge in [0.2, 0.25) is 11.8 Å². The first-order valence-electron chi connectivity index (χ1n) is 7.07. The number of amides is 1. The van der Waals surface area contributed by atoms with Crippen molar-refractivity contribution in [2.24, 2.45) is 0 Å². The van der Waals surface area contributed by atoms with E-state index in [0.29, 0.717) is 18.3 Å². The standard InChI is InChI=1S/C15H19BrN4O2/c1-4-13-18-14(22-19-13)9-20(3)10(2)15(21)17-12-7-5-11(16)6-8-12/h5-8,10H,4,9H2,1-3H3,(H,17,21). The van der Waals surface area contributed by atoms with Crippen LogP contribution in [0.1, 0.15) is 25.6 Å². The van der Waals surface area contributed by atoms with Gasteiger partial charge in [-0.1, -0.05) is 28.0 Å². The lowest BCUT2D eigenvalue weighted by atomic mass is 10.2. The van der Waals surface area contributed by atoms with Crippen LogP contribution in [0.5, 0.6) is 0 Å². The van der Waals surface area contributed by atoms with E-state index in [4.69, 9.17) is 4.52 Å². The Morgan fingerprint density at radius 1 is 1.41 bits per heavy atom. The quantitative estimate of drug-likeness (QED) is 0.850. The van der Waals surface area contributed by atoms with Gasteiger partial charge in [0.25, 0.3) is 0 Å². The van der Waals surface area contributed by atoms with Gasteiger partial charge in [-0.2, -0.15) is 4.98 Å². The molecule has 0 bridgehead atoms. The highest BCUT2D eigenvalue weighted by Crippen LogP contribution is 2.15. The number of carbonyl (C=O) groups excluding carboxylic acids is 1. The van der Waals surface area contributed by atoms with Crippen molar-refractivity contribution in [3.05, 3.63) is 40.5 Å². The minimum atomic E-state index is -0.319. The maximum atomic E-state index is 12.3. The molecule has 0 aliphatic carbocycles. The molecule has 1 heterocycles. The Balaban J connectivity index is 1.92. The number of rotatable bonds is 6. The fraction of sp³-hybridized carbons (Fsp3) is 0.400. The summed E-state index contributed by atoms with van der Waals surface area (Å²) in [6, 6.07) is 7.14. The largest absolute Gasteiger partial charge is 0.338 e. The molecule has 2 rings (SSSR count). The van der Waals surface area contributed by atoms with Crippen LogP contribution in [0.25, 0.3) is 0 Å². The summed E-state index contributed by atoms with van der Waals surface area (Å²) in [5.41, 5.74) is 0.763. The number of halogens is 1. The third-order valence-corrected chi connectivity index (χ3v) is 3.89. The van der Waals surface area contributed by atoms with E-state index in [2.05, 4.69) is 31.4 Å². The number of nitrogens with zero attached hydrogens (tertiary/aromatic N) is 3. The number of anilines is 1. The van der Waals surface area contributed by atoms with Crippen molar-refractivity contribution in [3.63, 3.8) is 0 Å². The number of nitrogens with one attached hydrogen (secondary N) is 1. The van der Waals surface area contributed by atoms with E-state index in [1.54, 1.807) is 0 Å². The summed E-state index contributed by atoms with van der Waals surface area (Å²) in [6.07, 6.45) is 0.729. The van der Waals surface area contributed by atoms with Gasteiger partial charge in [0.15, 0.2) is 5.82 Å². The first-order valence-corrected chi connectivity index (χ1v) is 7.87. The zero-order chi connectivity index (χ0) is 16.1. The monoisotopic (exact) mass is 366 g/mol. The number of hydrogen-bond acceptors (Lipinski definition) is 5. The molecule has 1 amide bonds. The predicted octanol–water partition coefficient (Wildman–Crippen LogP) is 2.85. The van der Waals surface area contributed by atoms with Gasteiger partial charge in [-0.05, 0) is 38.2 Å². The van der Waals surface area contributed by atoms with Crippen LogP contribution in [0, 0.1) is 0 Å². The molecule has 0 radical (unpaired) electrons. The van der Waals surface area contributed by atoms with Crippen LogP contribution in [-0.4, -0.2) is 34.0 Å². The average molecular weight is 367 g/mol. The molecule has 1 atom stereocenters. The van der Waals surface area contributed by atoms with Gasteiger partial charge in [-0.15, -0.1) is 0 Å². The molecule has 1 unspecified atom stereocenters. The van der Waals surface area contributed by atoms with Crippen molar-refractivity contribution in [3.8, 4) is 0 Å². The Bertz CT molecular complexity index is 627. The van der Waals surface area contributed by atoms with Gasteiger partial charge in [0.05, 0.1) is 12.6 Å². The van der Waals surface area contributed by atoms with Crippen molar-refractivity contribution in [2.75, 3.05) is 12.4 Å². The molecule has 0 aliphatic heterocycles. The van der Waals surface area contributed by atoms with Gasteiger partial charge in [0, 0.05) is 16.6 Å². The predicted molar refractivity (Wildman–Crippen MR) is 87.4 cm³/mol. The molecule has 1 aromatic heterocycles. The van der Waals surface area contributed by atoms with Crippen molar-refractivity contribution >= 4 is 27.5 Å². The van der Waals surface area contributed by atoms with E-state index in [0.717, 1.165) is 16.6 Å². The fourth-order valence-electron chi connectivity index (χ4n) is 1.83. The van der Waals surface area contributed by atoms with Crippen LogP contribution in [0.4, 0.5) is 5.69 Å². The zero-order valence-electron chi connectivity index (χ0n) is 12.8. The molecular weight excluding hydrogens is 348 g/mol. The van der Waals surface area contributed by atoms with Crippen LogP contribution in [0.15, 0.2) is 33.3 Å². The highest BCUT2D eigenvalue weighted by Gasteiger charge is 2.20. The molecule has 118 valence electrons. The van der Waals surface area contributed by atoms with Crippen molar-refractivity contribution < 1.29 is 9.32 Å². The second-order valence-electron chi connectivity index (χ2n) is 5.05. The van der Waals surface area contributed by atoms with Gasteiger partial charge < -0.3 is 9.84 Å². The van der Waals surface area contributed by atoms with Gasteiger partial charge >= 0.3 is 0 Å². The molecule has 7 heteroatoms. The van der Waals surface area contributed by atoms with Gasteiger partial charge in [0.1, 0.15) is 0 Å². The summed E-state index contributed by atoms with van der Waals surface area (Å²) in [6.45, 7) is 4.24. The summed E-state index contributed by atoms with van der Waals surface area (Å²) in [4.78, 5) is 18.4. The molecule has 6 nitrogen and oxygen atoms in total. The summed E-state index contributed by atoms with van der Waals surface area (Å²) in [5.74, 6) is 1.11. The third kappa shape index (κ3) is 4.38. The van der Waals surface area contributed by atoms with Crippen LogP contribution in [0.3, 0.4) is 0 Å². The highest BCUT2D eigenvalue weighted by molar-refractivity contribution is 9.10. The Labute approximate surface area is 138 Å². The van der Waals surface area contributed by atoms with E-state index in [1.165, 1.54) is 0 Å². The van der Waals surface area contributed by atoms with Crippen LogP contribution in [0.2, 0.25) is 0 Å². The Kier molecular flexibility index (Phi) is 5.68. The lowest BCUT2D eigenvalue weighted by molar-refractivity contribution is -0.120. The number of hydrogen-bond donors (Lipinski definition) is 1. The maximum absolute atomic E-state index is 12.3. The SMILES string of the molecule is CCc1noc(CN(C)C(C)C(=O)Nc2ccc(Br)cc2)n1. The molecule has 0 saturated carbocycles. The minimum Gasteiger partial charge on any atom is -0.338 e. The van der Waals surface area contributed by atoms with Gasteiger partial charge in [-0.3, -0.25) is 9.69 Å². The van der Waals surface area contributed by atoms with Crippen LogP contribution in [-0.2, 0) is 17.8 Å². The summed E-state index contributed by atoms with van der Waals surface area (Å²) >= 11 is 3.36. The molecule has 22 heavy (non-hydrogen) atoms. The molecule has 1 N–H and O–H groups in total. The maximum Gasteiger partial charge on any atom is 0.241 e. The zero-order valence-corrected chi connectivity index (χ0v) is 14.4. The molecule has 0 aliphatic rings. The minimum absolute atomic E-state index is 0.0833. The fourth-order valence-corrected chi connectivity index (χ4v) is 2.09. The number of benzene rings is 1. The topological polar surface area (TPSA) is 71.3 Å². The Hall–Kier alpha value is -1.73. The lowest BCUT2D eigenvalue weighted by Gasteiger charge is -2.22. The first-order chi connectivity index (χ1) is 10.5. The van der Waals surface area contributed by atoms with E-state index in [1.807, 2.05) is 50.1 Å². The van der Waals surface area contributed by atoms with Crippen molar-refractivity contribution in [1.82, 2.24) is 15.0 Å². The molecule has 0 fully saturated rings. The second-order valence-corrected chi connectivity index (χ2v) is 5.96.